The van der Waals surface area contributed by atoms with Crippen LogP contribution in [0.2, 0.25) is 0 Å². The maximum atomic E-state index is 13.3. The van der Waals surface area contributed by atoms with Crippen molar-refractivity contribution in [3.05, 3.63) is 40.9 Å². The fraction of sp³-hybridized carbons (Fsp3) is 0.429. The Morgan fingerprint density at radius 1 is 1.00 bits per heavy atom. The normalized spacial score (nSPS) is 11.8. The predicted molar refractivity (Wildman–Crippen MR) is 112 cm³/mol. The minimum atomic E-state index is -0.0911. The Balaban J connectivity index is 1.88. The van der Waals surface area contributed by atoms with Crippen LogP contribution in [0.25, 0.3) is 33.2 Å². The van der Waals surface area contributed by atoms with Crippen molar-refractivity contribution in [1.82, 2.24) is 24.1 Å². The van der Waals surface area contributed by atoms with Crippen LogP contribution in [0.15, 0.2) is 35.4 Å². The third-order valence-electron chi connectivity index (χ3n) is 4.94. The molecule has 0 aliphatic rings. The molecule has 0 fully saturated rings. The average molecular weight is 395 g/mol. The molecule has 0 bridgehead atoms. The van der Waals surface area contributed by atoms with Gasteiger partial charge >= 0.3 is 0 Å². The summed E-state index contributed by atoms with van der Waals surface area (Å²) in [6.07, 6.45) is 3.16. The zero-order chi connectivity index (χ0) is 20.2. The number of hydrogen-bond acceptors (Lipinski definition) is 6. The van der Waals surface area contributed by atoms with Crippen molar-refractivity contribution in [3.8, 4) is 0 Å². The summed E-state index contributed by atoms with van der Waals surface area (Å²) in [7, 11) is 1.68. The van der Waals surface area contributed by atoms with E-state index in [0.29, 0.717) is 55.1 Å². The Hall–Kier alpha value is -2.84. The molecule has 0 aliphatic heterocycles. The first-order valence-corrected chi connectivity index (χ1v) is 9.95. The van der Waals surface area contributed by atoms with Crippen molar-refractivity contribution in [2.45, 2.75) is 32.9 Å². The van der Waals surface area contributed by atoms with Crippen molar-refractivity contribution < 1.29 is 9.47 Å². The Kier molecular flexibility index (Phi) is 5.82. The van der Waals surface area contributed by atoms with Gasteiger partial charge in [0.2, 0.25) is 0 Å². The molecule has 29 heavy (non-hydrogen) atoms. The molecule has 0 radical (unpaired) electrons. The maximum absolute atomic E-state index is 13.3. The van der Waals surface area contributed by atoms with E-state index in [-0.39, 0.29) is 5.56 Å². The summed E-state index contributed by atoms with van der Waals surface area (Å²) >= 11 is 0. The minimum absolute atomic E-state index is 0.0911. The van der Waals surface area contributed by atoms with E-state index in [0.717, 1.165) is 23.9 Å². The van der Waals surface area contributed by atoms with Crippen LogP contribution >= 0.6 is 0 Å². The first kappa shape index (κ1) is 19.5. The second-order valence-electron chi connectivity index (χ2n) is 6.87. The van der Waals surface area contributed by atoms with Crippen LogP contribution < -0.4 is 5.56 Å². The highest BCUT2D eigenvalue weighted by molar-refractivity contribution is 6.04. The summed E-state index contributed by atoms with van der Waals surface area (Å²) in [5, 5.41) is 0.523. The number of methoxy groups -OCH3 is 1. The van der Waals surface area contributed by atoms with Gasteiger partial charge in [-0.1, -0.05) is 12.1 Å². The standard InChI is InChI=1S/C21H25N5O3/c1-3-29-13-6-10-25-14-22-19-17(21(25)27)18-20(26(19)11-7-12-28-2)24-16-9-5-4-8-15(16)23-18/h4-5,8-9,14H,3,6-7,10-13H2,1-2H3. The number of aromatic nitrogens is 5. The molecule has 0 atom stereocenters. The molecule has 1 aromatic carbocycles. The fourth-order valence-corrected chi connectivity index (χ4v) is 3.56. The number of hydrogen-bond donors (Lipinski definition) is 0. The molecular formula is C21H25N5O3. The molecule has 0 saturated heterocycles. The lowest BCUT2D eigenvalue weighted by Gasteiger charge is -2.07. The van der Waals surface area contributed by atoms with Gasteiger partial charge in [0.25, 0.3) is 5.56 Å². The Morgan fingerprint density at radius 3 is 2.52 bits per heavy atom. The van der Waals surface area contributed by atoms with Crippen LogP contribution in [0.3, 0.4) is 0 Å². The van der Waals surface area contributed by atoms with E-state index in [1.54, 1.807) is 18.0 Å². The lowest BCUT2D eigenvalue weighted by atomic mass is 10.3. The summed E-state index contributed by atoms with van der Waals surface area (Å²) < 4.78 is 14.2. The van der Waals surface area contributed by atoms with Crippen molar-refractivity contribution in [1.29, 1.82) is 0 Å². The number of aryl methyl sites for hydroxylation is 2. The molecule has 4 rings (SSSR count). The van der Waals surface area contributed by atoms with Crippen LogP contribution in [0.1, 0.15) is 19.8 Å². The van der Waals surface area contributed by atoms with Crippen LogP contribution in [-0.2, 0) is 22.6 Å². The molecule has 152 valence electrons. The van der Waals surface area contributed by atoms with Crippen molar-refractivity contribution in [3.63, 3.8) is 0 Å². The van der Waals surface area contributed by atoms with Crippen molar-refractivity contribution in [2.24, 2.45) is 0 Å². The number of rotatable bonds is 9. The van der Waals surface area contributed by atoms with Crippen molar-refractivity contribution >= 4 is 33.2 Å². The SMILES string of the molecule is CCOCCCn1cnc2c(c1=O)c1nc3ccccc3nc1n2CCCOC. The predicted octanol–water partition coefficient (Wildman–Crippen LogP) is 2.76. The minimum Gasteiger partial charge on any atom is -0.385 e. The second kappa shape index (κ2) is 8.67. The van der Waals surface area contributed by atoms with Gasteiger partial charge in [0, 0.05) is 40.0 Å². The lowest BCUT2D eigenvalue weighted by molar-refractivity contribution is 0.141. The number of nitrogens with zero attached hydrogens (tertiary/aromatic N) is 5. The van der Waals surface area contributed by atoms with Crippen LogP contribution in [0, 0.1) is 0 Å². The monoisotopic (exact) mass is 395 g/mol. The lowest BCUT2D eigenvalue weighted by Crippen LogP contribution is -2.21. The van der Waals surface area contributed by atoms with Crippen LogP contribution in [-0.4, -0.2) is 51.0 Å². The van der Waals surface area contributed by atoms with Gasteiger partial charge in [-0.2, -0.15) is 0 Å². The van der Waals surface area contributed by atoms with Gasteiger partial charge in [0.05, 0.1) is 17.4 Å². The molecule has 0 saturated carbocycles. The molecule has 0 spiro atoms. The molecule has 0 unspecified atom stereocenters. The average Bonchev–Trinajstić information content (AvgIpc) is 3.04. The zero-order valence-electron chi connectivity index (χ0n) is 16.8. The summed E-state index contributed by atoms with van der Waals surface area (Å²) in [5.41, 5.74) is 3.39. The number of para-hydroxylation sites is 2. The van der Waals surface area contributed by atoms with E-state index in [1.165, 1.54) is 0 Å². The van der Waals surface area contributed by atoms with Gasteiger partial charge < -0.3 is 14.0 Å². The summed E-state index contributed by atoms with van der Waals surface area (Å²) in [6, 6.07) is 7.69. The number of benzene rings is 1. The molecule has 3 aromatic heterocycles. The van der Waals surface area contributed by atoms with Gasteiger partial charge in [0.15, 0.2) is 11.3 Å². The summed E-state index contributed by atoms with van der Waals surface area (Å²) in [5.74, 6) is 0. The molecule has 4 aromatic rings. The number of fused-ring (bicyclic) bond motifs is 4. The largest absolute Gasteiger partial charge is 0.385 e. The molecule has 0 amide bonds. The Morgan fingerprint density at radius 2 is 1.76 bits per heavy atom. The van der Waals surface area contributed by atoms with E-state index in [4.69, 9.17) is 19.4 Å². The van der Waals surface area contributed by atoms with E-state index >= 15 is 0 Å². The van der Waals surface area contributed by atoms with E-state index < -0.39 is 0 Å². The van der Waals surface area contributed by atoms with Crippen LogP contribution in [0.4, 0.5) is 0 Å². The first-order chi connectivity index (χ1) is 14.2. The smallest absolute Gasteiger partial charge is 0.265 e. The molecule has 3 heterocycles. The molecule has 0 N–H and O–H groups in total. The molecule has 0 aliphatic carbocycles. The highest BCUT2D eigenvalue weighted by Crippen LogP contribution is 2.25. The van der Waals surface area contributed by atoms with E-state index in [2.05, 4.69) is 4.98 Å². The van der Waals surface area contributed by atoms with Crippen LogP contribution in [0.5, 0.6) is 0 Å². The maximum Gasteiger partial charge on any atom is 0.265 e. The van der Waals surface area contributed by atoms with Gasteiger partial charge in [0.1, 0.15) is 10.9 Å². The third kappa shape index (κ3) is 3.73. The Bertz CT molecular complexity index is 1200. The molecule has 8 heteroatoms. The van der Waals surface area contributed by atoms with Gasteiger partial charge in [-0.15, -0.1) is 0 Å². The second-order valence-corrected chi connectivity index (χ2v) is 6.87. The van der Waals surface area contributed by atoms with Gasteiger partial charge in [-0.05, 0) is 31.9 Å². The first-order valence-electron chi connectivity index (χ1n) is 9.95. The van der Waals surface area contributed by atoms with Gasteiger partial charge in [-0.25, -0.2) is 15.0 Å². The highest BCUT2D eigenvalue weighted by atomic mass is 16.5. The zero-order valence-corrected chi connectivity index (χ0v) is 16.8. The summed E-state index contributed by atoms with van der Waals surface area (Å²) in [6.45, 7) is 5.08. The highest BCUT2D eigenvalue weighted by Gasteiger charge is 2.19. The van der Waals surface area contributed by atoms with E-state index in [1.807, 2.05) is 35.8 Å². The van der Waals surface area contributed by atoms with E-state index in [9.17, 15) is 4.79 Å². The number of ether oxygens (including phenoxy) is 2. The fourth-order valence-electron chi connectivity index (χ4n) is 3.56. The topological polar surface area (TPSA) is 84.1 Å². The third-order valence-corrected chi connectivity index (χ3v) is 4.94. The van der Waals surface area contributed by atoms with Crippen molar-refractivity contribution in [2.75, 3.05) is 26.9 Å². The Labute approximate surface area is 168 Å². The summed E-state index contributed by atoms with van der Waals surface area (Å²) in [4.78, 5) is 27.4. The molecular weight excluding hydrogens is 370 g/mol. The quantitative estimate of drug-likeness (QED) is 0.405. The van der Waals surface area contributed by atoms with Gasteiger partial charge in [-0.3, -0.25) is 9.36 Å². The molecule has 8 nitrogen and oxygen atoms in total.